The first-order chi connectivity index (χ1) is 13.2. The fourth-order valence-corrected chi connectivity index (χ4v) is 4.82. The molecule has 2 aliphatic rings. The van der Waals surface area contributed by atoms with Crippen LogP contribution in [0, 0.1) is 5.92 Å². The van der Waals surface area contributed by atoms with E-state index in [0.717, 1.165) is 38.5 Å². The zero-order valence-corrected chi connectivity index (χ0v) is 17.4. The predicted octanol–water partition coefficient (Wildman–Crippen LogP) is 2.67. The van der Waals surface area contributed by atoms with Gasteiger partial charge >= 0.3 is 0 Å². The summed E-state index contributed by atoms with van der Waals surface area (Å²) >= 11 is 6.14. The summed E-state index contributed by atoms with van der Waals surface area (Å²) in [6.07, 6.45) is 5.50. The Morgan fingerprint density at radius 2 is 1.71 bits per heavy atom. The number of nitrogens with one attached hydrogen (secondary N) is 3. The van der Waals surface area contributed by atoms with Gasteiger partial charge in [-0.1, -0.05) is 18.5 Å². The molecular weight excluding hydrogens is 402 g/mol. The van der Waals surface area contributed by atoms with Crippen molar-refractivity contribution in [1.82, 2.24) is 10.0 Å². The van der Waals surface area contributed by atoms with Crippen molar-refractivity contribution in [3.63, 3.8) is 0 Å². The lowest BCUT2D eigenvalue weighted by Gasteiger charge is -2.26. The molecule has 0 aromatic heterocycles. The van der Waals surface area contributed by atoms with Gasteiger partial charge in [0.05, 0.1) is 10.6 Å². The molecular formula is C19H26ClN3O4S. The minimum atomic E-state index is -3.72. The first-order valence-electron chi connectivity index (χ1n) is 9.62. The third-order valence-electron chi connectivity index (χ3n) is 5.09. The number of hydrogen-bond donors (Lipinski definition) is 3. The zero-order chi connectivity index (χ0) is 20.3. The van der Waals surface area contributed by atoms with Gasteiger partial charge in [-0.3, -0.25) is 9.59 Å². The maximum Gasteiger partial charge on any atom is 0.253 e. The molecule has 2 amide bonds. The molecule has 0 aliphatic heterocycles. The molecule has 7 nitrogen and oxygen atoms in total. The Morgan fingerprint density at radius 3 is 2.32 bits per heavy atom. The molecule has 3 rings (SSSR count). The zero-order valence-electron chi connectivity index (χ0n) is 15.8. The highest BCUT2D eigenvalue weighted by atomic mass is 35.5. The summed E-state index contributed by atoms with van der Waals surface area (Å²) in [7, 11) is -3.72. The van der Waals surface area contributed by atoms with Gasteiger partial charge in [0, 0.05) is 17.8 Å². The second-order valence-corrected chi connectivity index (χ2v) is 9.99. The van der Waals surface area contributed by atoms with Gasteiger partial charge in [-0.05, 0) is 62.6 Å². The van der Waals surface area contributed by atoms with E-state index in [1.165, 1.54) is 18.2 Å². The SMILES string of the molecule is CC1CCC(NS(=O)(=O)CC(=O)Nc2ccc(C(=O)NC3CC3)c(Cl)c2)CC1. The van der Waals surface area contributed by atoms with E-state index in [4.69, 9.17) is 11.6 Å². The van der Waals surface area contributed by atoms with Gasteiger partial charge in [0.1, 0.15) is 5.75 Å². The van der Waals surface area contributed by atoms with E-state index in [-0.39, 0.29) is 23.0 Å². The Balaban J connectivity index is 1.53. The topological polar surface area (TPSA) is 104 Å². The van der Waals surface area contributed by atoms with Gasteiger partial charge in [0.2, 0.25) is 15.9 Å². The number of hydrogen-bond acceptors (Lipinski definition) is 4. The minimum absolute atomic E-state index is 0.104. The number of carbonyl (C=O) groups excluding carboxylic acids is 2. The van der Waals surface area contributed by atoms with Crippen molar-refractivity contribution < 1.29 is 18.0 Å². The Hall–Kier alpha value is -1.64. The van der Waals surface area contributed by atoms with Gasteiger partial charge in [-0.15, -0.1) is 0 Å². The van der Waals surface area contributed by atoms with Crippen LogP contribution in [-0.4, -0.2) is 38.1 Å². The molecule has 28 heavy (non-hydrogen) atoms. The van der Waals surface area contributed by atoms with Gasteiger partial charge in [-0.2, -0.15) is 0 Å². The first-order valence-corrected chi connectivity index (χ1v) is 11.6. The molecule has 2 saturated carbocycles. The van der Waals surface area contributed by atoms with Crippen LogP contribution in [0.3, 0.4) is 0 Å². The summed E-state index contributed by atoms with van der Waals surface area (Å²) in [4.78, 5) is 24.2. The van der Waals surface area contributed by atoms with E-state index in [2.05, 4.69) is 22.3 Å². The van der Waals surface area contributed by atoms with Gasteiger partial charge in [0.25, 0.3) is 5.91 Å². The lowest BCUT2D eigenvalue weighted by Crippen LogP contribution is -2.41. The maximum atomic E-state index is 12.2. The van der Waals surface area contributed by atoms with Crippen LogP contribution >= 0.6 is 11.6 Å². The summed E-state index contributed by atoms with van der Waals surface area (Å²) < 4.78 is 27.1. The molecule has 0 spiro atoms. The highest BCUT2D eigenvalue weighted by Crippen LogP contribution is 2.25. The van der Waals surface area contributed by atoms with Crippen molar-refractivity contribution in [2.24, 2.45) is 5.92 Å². The molecule has 0 saturated heterocycles. The second-order valence-electron chi connectivity index (χ2n) is 7.82. The molecule has 0 heterocycles. The van der Waals surface area contributed by atoms with Crippen LogP contribution in [0.4, 0.5) is 5.69 Å². The van der Waals surface area contributed by atoms with Crippen LogP contribution in [0.2, 0.25) is 5.02 Å². The van der Waals surface area contributed by atoms with Crippen LogP contribution in [0.1, 0.15) is 55.8 Å². The molecule has 3 N–H and O–H groups in total. The molecule has 2 aliphatic carbocycles. The minimum Gasteiger partial charge on any atom is -0.349 e. The van der Waals surface area contributed by atoms with Crippen LogP contribution in [0.5, 0.6) is 0 Å². The Labute approximate surface area is 170 Å². The van der Waals surface area contributed by atoms with Crippen molar-refractivity contribution in [2.45, 2.75) is 57.5 Å². The second kappa shape index (κ2) is 8.80. The predicted molar refractivity (Wildman–Crippen MR) is 109 cm³/mol. The summed E-state index contributed by atoms with van der Waals surface area (Å²) in [5.74, 6) is -0.939. The van der Waals surface area contributed by atoms with Crippen molar-refractivity contribution in [1.29, 1.82) is 0 Å². The Morgan fingerprint density at radius 1 is 1.07 bits per heavy atom. The van der Waals surface area contributed by atoms with E-state index < -0.39 is 21.7 Å². The molecule has 0 unspecified atom stereocenters. The number of halogens is 1. The molecule has 154 valence electrons. The smallest absolute Gasteiger partial charge is 0.253 e. The lowest BCUT2D eigenvalue weighted by molar-refractivity contribution is -0.113. The number of rotatable bonds is 7. The summed E-state index contributed by atoms with van der Waals surface area (Å²) in [6, 6.07) is 4.62. The Kier molecular flexibility index (Phi) is 6.62. The fourth-order valence-electron chi connectivity index (χ4n) is 3.31. The average Bonchev–Trinajstić information content (AvgIpc) is 3.40. The van der Waals surface area contributed by atoms with E-state index in [9.17, 15) is 18.0 Å². The van der Waals surface area contributed by atoms with Crippen LogP contribution in [0.15, 0.2) is 18.2 Å². The maximum absolute atomic E-state index is 12.2. The third kappa shape index (κ3) is 6.18. The van der Waals surface area contributed by atoms with Gasteiger partial charge < -0.3 is 10.6 Å². The average molecular weight is 428 g/mol. The van der Waals surface area contributed by atoms with Crippen molar-refractivity contribution in [2.75, 3.05) is 11.1 Å². The molecule has 0 atom stereocenters. The fraction of sp³-hybridized carbons (Fsp3) is 0.579. The van der Waals surface area contributed by atoms with E-state index >= 15 is 0 Å². The third-order valence-corrected chi connectivity index (χ3v) is 6.74. The van der Waals surface area contributed by atoms with Crippen molar-refractivity contribution in [3.05, 3.63) is 28.8 Å². The summed E-state index contributed by atoms with van der Waals surface area (Å²) in [5.41, 5.74) is 0.673. The largest absolute Gasteiger partial charge is 0.349 e. The lowest BCUT2D eigenvalue weighted by atomic mass is 9.88. The standard InChI is InChI=1S/C19H26ClN3O4S/c1-12-2-4-14(5-3-12)23-28(26,27)11-18(24)21-15-8-9-16(17(20)10-15)19(25)22-13-6-7-13/h8-10,12-14,23H,2-7,11H2,1H3,(H,21,24)(H,22,25). The van der Waals surface area contributed by atoms with Gasteiger partial charge in [-0.25, -0.2) is 13.1 Å². The molecule has 0 bridgehead atoms. The summed E-state index contributed by atoms with van der Waals surface area (Å²) in [5, 5.41) is 5.58. The summed E-state index contributed by atoms with van der Waals surface area (Å²) in [6.45, 7) is 2.16. The Bertz CT molecular complexity index is 847. The van der Waals surface area contributed by atoms with Crippen molar-refractivity contribution >= 4 is 39.1 Å². The van der Waals surface area contributed by atoms with E-state index in [0.29, 0.717) is 17.2 Å². The van der Waals surface area contributed by atoms with Crippen LogP contribution in [-0.2, 0) is 14.8 Å². The monoisotopic (exact) mass is 427 g/mol. The van der Waals surface area contributed by atoms with Crippen LogP contribution in [0.25, 0.3) is 0 Å². The number of benzene rings is 1. The van der Waals surface area contributed by atoms with E-state index in [1.807, 2.05) is 0 Å². The van der Waals surface area contributed by atoms with Crippen molar-refractivity contribution in [3.8, 4) is 0 Å². The normalized spacial score (nSPS) is 22.5. The molecule has 1 aromatic carbocycles. The number of carbonyl (C=O) groups is 2. The number of anilines is 1. The van der Waals surface area contributed by atoms with Crippen LogP contribution < -0.4 is 15.4 Å². The molecule has 9 heteroatoms. The highest BCUT2D eigenvalue weighted by Gasteiger charge is 2.26. The number of amides is 2. The molecule has 2 fully saturated rings. The highest BCUT2D eigenvalue weighted by molar-refractivity contribution is 7.90. The van der Waals surface area contributed by atoms with E-state index in [1.54, 1.807) is 0 Å². The number of sulfonamides is 1. The molecule has 0 radical (unpaired) electrons. The quantitative estimate of drug-likeness (QED) is 0.622. The molecule has 1 aromatic rings. The first kappa shape index (κ1) is 21.1. The van der Waals surface area contributed by atoms with Gasteiger partial charge in [0.15, 0.2) is 0 Å².